The number of unbranched alkanes of at least 4 members (excludes halogenated alkanes) is 2. The van der Waals surface area contributed by atoms with E-state index in [0.717, 1.165) is 19.1 Å². The van der Waals surface area contributed by atoms with Gasteiger partial charge in [-0.1, -0.05) is 6.92 Å². The largest absolute Gasteiger partial charge is 0.385 e. The number of ether oxygens (including phenoxy) is 1. The molecule has 0 saturated carbocycles. The SMILES string of the molecule is CCN1CCCC(C(C)NCCCCCOC)C1. The van der Waals surface area contributed by atoms with Crippen LogP contribution in [0.1, 0.15) is 46.0 Å². The molecule has 2 atom stereocenters. The summed E-state index contributed by atoms with van der Waals surface area (Å²) in [6.07, 6.45) is 6.52. The molecule has 1 N–H and O–H groups in total. The molecule has 0 radical (unpaired) electrons. The van der Waals surface area contributed by atoms with Gasteiger partial charge in [-0.25, -0.2) is 0 Å². The van der Waals surface area contributed by atoms with Crippen LogP contribution in [0.15, 0.2) is 0 Å². The molecule has 18 heavy (non-hydrogen) atoms. The molecule has 1 heterocycles. The van der Waals surface area contributed by atoms with Gasteiger partial charge in [0, 0.05) is 26.3 Å². The normalized spacial score (nSPS) is 23.2. The van der Waals surface area contributed by atoms with Crippen molar-refractivity contribution in [3.8, 4) is 0 Å². The van der Waals surface area contributed by atoms with E-state index in [2.05, 4.69) is 24.1 Å². The third-order valence-corrected chi connectivity index (χ3v) is 4.19. The van der Waals surface area contributed by atoms with Gasteiger partial charge in [0.25, 0.3) is 0 Å². The van der Waals surface area contributed by atoms with E-state index in [1.54, 1.807) is 7.11 Å². The number of methoxy groups -OCH3 is 1. The Hall–Kier alpha value is -0.120. The molecule has 1 aliphatic heterocycles. The molecule has 0 aromatic heterocycles. The van der Waals surface area contributed by atoms with Crippen LogP contribution in [0.3, 0.4) is 0 Å². The number of nitrogens with one attached hydrogen (secondary N) is 1. The maximum absolute atomic E-state index is 5.06. The van der Waals surface area contributed by atoms with Gasteiger partial charge in [0.2, 0.25) is 0 Å². The lowest BCUT2D eigenvalue weighted by Gasteiger charge is -2.35. The topological polar surface area (TPSA) is 24.5 Å². The second kappa shape index (κ2) is 9.76. The molecular formula is C15H32N2O. The van der Waals surface area contributed by atoms with Gasteiger partial charge in [-0.15, -0.1) is 0 Å². The maximum Gasteiger partial charge on any atom is 0.0462 e. The van der Waals surface area contributed by atoms with Crippen LogP contribution in [0.4, 0.5) is 0 Å². The smallest absolute Gasteiger partial charge is 0.0462 e. The highest BCUT2D eigenvalue weighted by atomic mass is 16.5. The summed E-state index contributed by atoms with van der Waals surface area (Å²) >= 11 is 0. The molecule has 0 aromatic carbocycles. The predicted molar refractivity (Wildman–Crippen MR) is 78.0 cm³/mol. The first-order valence-corrected chi connectivity index (χ1v) is 7.72. The number of nitrogens with zero attached hydrogens (tertiary/aromatic N) is 1. The average Bonchev–Trinajstić information content (AvgIpc) is 2.42. The molecule has 3 nitrogen and oxygen atoms in total. The van der Waals surface area contributed by atoms with Gasteiger partial charge >= 0.3 is 0 Å². The molecule has 1 aliphatic rings. The maximum atomic E-state index is 5.06. The van der Waals surface area contributed by atoms with Crippen molar-refractivity contribution in [3.05, 3.63) is 0 Å². The Labute approximate surface area is 113 Å². The molecular weight excluding hydrogens is 224 g/mol. The lowest BCUT2D eigenvalue weighted by molar-refractivity contribution is 0.156. The monoisotopic (exact) mass is 256 g/mol. The summed E-state index contributed by atoms with van der Waals surface area (Å²) in [6.45, 7) is 10.5. The summed E-state index contributed by atoms with van der Waals surface area (Å²) in [5.74, 6) is 0.845. The summed E-state index contributed by atoms with van der Waals surface area (Å²) in [4.78, 5) is 2.59. The predicted octanol–water partition coefficient (Wildman–Crippen LogP) is 2.51. The highest BCUT2D eigenvalue weighted by molar-refractivity contribution is 4.79. The fourth-order valence-electron chi connectivity index (χ4n) is 2.83. The zero-order valence-electron chi connectivity index (χ0n) is 12.6. The molecule has 3 heteroatoms. The molecule has 1 fully saturated rings. The molecule has 0 aromatic rings. The zero-order valence-corrected chi connectivity index (χ0v) is 12.6. The summed E-state index contributed by atoms with van der Waals surface area (Å²) in [7, 11) is 1.78. The minimum atomic E-state index is 0.668. The Morgan fingerprint density at radius 1 is 1.33 bits per heavy atom. The first kappa shape index (κ1) is 15.9. The molecule has 1 saturated heterocycles. The number of likely N-dealkylation sites (tertiary alicyclic amines) is 1. The molecule has 108 valence electrons. The van der Waals surface area contributed by atoms with Gasteiger partial charge in [-0.05, 0) is 64.6 Å². The van der Waals surface area contributed by atoms with Crippen molar-refractivity contribution in [1.29, 1.82) is 0 Å². The Balaban J connectivity index is 2.06. The molecule has 0 aliphatic carbocycles. The number of hydrogen-bond acceptors (Lipinski definition) is 3. The first-order chi connectivity index (χ1) is 8.77. The fraction of sp³-hybridized carbons (Fsp3) is 1.00. The van der Waals surface area contributed by atoms with Crippen molar-refractivity contribution in [2.75, 3.05) is 39.9 Å². The van der Waals surface area contributed by atoms with Crippen LogP contribution in [0.5, 0.6) is 0 Å². The summed E-state index contributed by atoms with van der Waals surface area (Å²) in [5, 5.41) is 3.71. The van der Waals surface area contributed by atoms with E-state index < -0.39 is 0 Å². The molecule has 0 amide bonds. The van der Waals surface area contributed by atoms with Gasteiger partial charge in [0.1, 0.15) is 0 Å². The summed E-state index contributed by atoms with van der Waals surface area (Å²) < 4.78 is 5.06. The lowest BCUT2D eigenvalue weighted by Crippen LogP contribution is -2.44. The highest BCUT2D eigenvalue weighted by Gasteiger charge is 2.23. The fourth-order valence-corrected chi connectivity index (χ4v) is 2.83. The lowest BCUT2D eigenvalue weighted by atomic mass is 9.91. The van der Waals surface area contributed by atoms with E-state index in [1.807, 2.05) is 0 Å². The zero-order chi connectivity index (χ0) is 13.2. The van der Waals surface area contributed by atoms with Crippen molar-refractivity contribution < 1.29 is 4.74 Å². The Morgan fingerprint density at radius 3 is 2.89 bits per heavy atom. The molecule has 0 spiro atoms. The van der Waals surface area contributed by atoms with Gasteiger partial charge in [-0.3, -0.25) is 0 Å². The number of hydrogen-bond donors (Lipinski definition) is 1. The Bertz CT molecular complexity index is 199. The quantitative estimate of drug-likeness (QED) is 0.642. The van der Waals surface area contributed by atoms with Crippen LogP contribution in [-0.2, 0) is 4.74 Å². The van der Waals surface area contributed by atoms with Gasteiger partial charge in [0.15, 0.2) is 0 Å². The standard InChI is InChI=1S/C15H32N2O/c1-4-17-11-8-9-15(13-17)14(2)16-10-6-5-7-12-18-3/h14-16H,4-13H2,1-3H3. The van der Waals surface area contributed by atoms with Gasteiger partial charge < -0.3 is 15.0 Å². The second-order valence-electron chi connectivity index (χ2n) is 5.59. The van der Waals surface area contributed by atoms with Crippen LogP contribution < -0.4 is 5.32 Å². The minimum Gasteiger partial charge on any atom is -0.385 e. The third-order valence-electron chi connectivity index (χ3n) is 4.19. The third kappa shape index (κ3) is 6.17. The summed E-state index contributed by atoms with van der Waals surface area (Å²) in [6, 6.07) is 0.668. The van der Waals surface area contributed by atoms with Crippen molar-refractivity contribution in [2.45, 2.75) is 52.0 Å². The first-order valence-electron chi connectivity index (χ1n) is 7.72. The van der Waals surface area contributed by atoms with Crippen LogP contribution >= 0.6 is 0 Å². The number of piperidine rings is 1. The van der Waals surface area contributed by atoms with Gasteiger partial charge in [-0.2, -0.15) is 0 Å². The Morgan fingerprint density at radius 2 is 2.17 bits per heavy atom. The molecule has 2 unspecified atom stereocenters. The van der Waals surface area contributed by atoms with Crippen LogP contribution in [0.25, 0.3) is 0 Å². The van der Waals surface area contributed by atoms with Crippen molar-refractivity contribution >= 4 is 0 Å². The van der Waals surface area contributed by atoms with E-state index in [0.29, 0.717) is 6.04 Å². The van der Waals surface area contributed by atoms with Crippen LogP contribution in [0, 0.1) is 5.92 Å². The van der Waals surface area contributed by atoms with E-state index in [4.69, 9.17) is 4.74 Å². The minimum absolute atomic E-state index is 0.668. The van der Waals surface area contributed by atoms with E-state index in [-0.39, 0.29) is 0 Å². The summed E-state index contributed by atoms with van der Waals surface area (Å²) in [5.41, 5.74) is 0. The van der Waals surface area contributed by atoms with Crippen LogP contribution in [-0.4, -0.2) is 50.8 Å². The number of rotatable bonds is 9. The molecule has 0 bridgehead atoms. The van der Waals surface area contributed by atoms with Crippen molar-refractivity contribution in [2.24, 2.45) is 5.92 Å². The average molecular weight is 256 g/mol. The van der Waals surface area contributed by atoms with E-state index >= 15 is 0 Å². The molecule has 1 rings (SSSR count). The van der Waals surface area contributed by atoms with Crippen molar-refractivity contribution in [3.63, 3.8) is 0 Å². The van der Waals surface area contributed by atoms with Gasteiger partial charge in [0.05, 0.1) is 0 Å². The van der Waals surface area contributed by atoms with Crippen molar-refractivity contribution in [1.82, 2.24) is 10.2 Å². The second-order valence-corrected chi connectivity index (χ2v) is 5.59. The van der Waals surface area contributed by atoms with E-state index in [9.17, 15) is 0 Å². The highest BCUT2D eigenvalue weighted by Crippen LogP contribution is 2.19. The van der Waals surface area contributed by atoms with Crippen LogP contribution in [0.2, 0.25) is 0 Å². The Kier molecular flexibility index (Phi) is 8.64. The van der Waals surface area contributed by atoms with E-state index in [1.165, 1.54) is 51.7 Å².